The van der Waals surface area contributed by atoms with E-state index in [-0.39, 0.29) is 25.7 Å². The van der Waals surface area contributed by atoms with E-state index in [1.165, 1.54) is 0 Å². The van der Waals surface area contributed by atoms with Crippen molar-refractivity contribution in [2.75, 3.05) is 38.2 Å². The molecular weight excluding hydrogens is 246 g/mol. The molecule has 19 heavy (non-hydrogen) atoms. The van der Waals surface area contributed by atoms with Crippen LogP contribution in [0.15, 0.2) is 24.3 Å². The first-order chi connectivity index (χ1) is 9.21. The minimum absolute atomic E-state index is 0.0564. The van der Waals surface area contributed by atoms with Crippen LogP contribution < -0.4 is 5.32 Å². The van der Waals surface area contributed by atoms with E-state index >= 15 is 0 Å². The molecule has 0 aromatic heterocycles. The summed E-state index contributed by atoms with van der Waals surface area (Å²) in [5, 5.41) is 29.2. The van der Waals surface area contributed by atoms with E-state index in [2.05, 4.69) is 5.32 Å². The van der Waals surface area contributed by atoms with Crippen LogP contribution in [0.5, 0.6) is 0 Å². The Morgan fingerprint density at radius 3 is 2.47 bits per heavy atom. The van der Waals surface area contributed by atoms with E-state index in [0.29, 0.717) is 24.3 Å². The van der Waals surface area contributed by atoms with Gasteiger partial charge in [-0.1, -0.05) is 12.1 Å². The molecule has 0 bridgehead atoms. The largest absolute Gasteiger partial charge is 0.395 e. The van der Waals surface area contributed by atoms with Crippen molar-refractivity contribution >= 4 is 11.6 Å². The number of hydrogen-bond donors (Lipinski definition) is 3. The average molecular weight is 263 g/mol. The zero-order chi connectivity index (χ0) is 14.1. The molecule has 1 aromatic carbocycles. The topological polar surface area (TPSA) is 96.6 Å². The summed E-state index contributed by atoms with van der Waals surface area (Å²) >= 11 is 0. The molecule has 0 aliphatic rings. The Kier molecular flexibility index (Phi) is 6.53. The third-order valence-corrected chi connectivity index (χ3v) is 2.52. The molecule has 1 rings (SSSR count). The molecule has 1 amide bonds. The highest BCUT2D eigenvalue weighted by Crippen LogP contribution is 2.13. The lowest BCUT2D eigenvalue weighted by molar-refractivity contribution is -0.117. The molecule has 0 unspecified atom stereocenters. The fourth-order valence-electron chi connectivity index (χ4n) is 1.64. The molecule has 0 fully saturated rings. The van der Waals surface area contributed by atoms with Crippen LogP contribution in [-0.4, -0.2) is 53.9 Å². The fourth-order valence-corrected chi connectivity index (χ4v) is 1.64. The second kappa shape index (κ2) is 8.21. The van der Waals surface area contributed by atoms with Crippen molar-refractivity contribution < 1.29 is 15.0 Å². The second-order valence-electron chi connectivity index (χ2n) is 3.93. The maximum absolute atomic E-state index is 11.8. The van der Waals surface area contributed by atoms with Gasteiger partial charge in [-0.15, -0.1) is 0 Å². The zero-order valence-corrected chi connectivity index (χ0v) is 10.5. The molecule has 0 aliphatic heterocycles. The van der Waals surface area contributed by atoms with Crippen LogP contribution in [0.4, 0.5) is 5.69 Å². The number of benzene rings is 1. The highest BCUT2D eigenvalue weighted by atomic mass is 16.3. The third-order valence-electron chi connectivity index (χ3n) is 2.52. The van der Waals surface area contributed by atoms with Crippen molar-refractivity contribution in [3.05, 3.63) is 29.8 Å². The SMILES string of the molecule is N#Cc1ccccc1NC(=O)CN(CCO)CCO. The fraction of sp³-hybridized carbons (Fsp3) is 0.385. The summed E-state index contributed by atoms with van der Waals surface area (Å²) < 4.78 is 0. The normalized spacial score (nSPS) is 10.2. The number of carbonyl (C=O) groups is 1. The van der Waals surface area contributed by atoms with Gasteiger partial charge in [-0.25, -0.2) is 0 Å². The number of nitriles is 1. The summed E-state index contributed by atoms with van der Waals surface area (Å²) in [7, 11) is 0. The summed E-state index contributed by atoms with van der Waals surface area (Å²) in [6.07, 6.45) is 0. The highest BCUT2D eigenvalue weighted by Gasteiger charge is 2.11. The van der Waals surface area contributed by atoms with Gasteiger partial charge in [-0.2, -0.15) is 5.26 Å². The van der Waals surface area contributed by atoms with Crippen molar-refractivity contribution in [2.45, 2.75) is 0 Å². The van der Waals surface area contributed by atoms with Crippen LogP contribution in [0, 0.1) is 11.3 Å². The van der Waals surface area contributed by atoms with Gasteiger partial charge in [0.15, 0.2) is 0 Å². The van der Waals surface area contributed by atoms with Crippen molar-refractivity contribution in [1.82, 2.24) is 4.90 Å². The Hall–Kier alpha value is -1.94. The lowest BCUT2D eigenvalue weighted by atomic mass is 10.2. The number of nitrogens with zero attached hydrogens (tertiary/aromatic N) is 2. The van der Waals surface area contributed by atoms with Crippen LogP contribution >= 0.6 is 0 Å². The second-order valence-corrected chi connectivity index (χ2v) is 3.93. The Labute approximate surface area is 111 Å². The molecule has 3 N–H and O–H groups in total. The number of aliphatic hydroxyl groups is 2. The molecule has 6 heteroatoms. The van der Waals surface area contributed by atoms with E-state index < -0.39 is 0 Å². The van der Waals surface area contributed by atoms with Crippen molar-refractivity contribution in [3.8, 4) is 6.07 Å². The summed E-state index contributed by atoms with van der Waals surface area (Å²) in [4.78, 5) is 13.4. The maximum atomic E-state index is 11.8. The Morgan fingerprint density at radius 1 is 1.26 bits per heavy atom. The number of hydrogen-bond acceptors (Lipinski definition) is 5. The molecule has 0 heterocycles. The summed E-state index contributed by atoms with van der Waals surface area (Å²) in [6, 6.07) is 8.72. The predicted molar refractivity (Wildman–Crippen MR) is 70.4 cm³/mol. The zero-order valence-electron chi connectivity index (χ0n) is 10.5. The van der Waals surface area contributed by atoms with Crippen LogP contribution in [0.25, 0.3) is 0 Å². The summed E-state index contributed by atoms with van der Waals surface area (Å²) in [5.74, 6) is -0.287. The molecule has 0 saturated carbocycles. The number of amides is 1. The van der Waals surface area contributed by atoms with Crippen LogP contribution in [-0.2, 0) is 4.79 Å². The van der Waals surface area contributed by atoms with Crippen LogP contribution in [0.3, 0.4) is 0 Å². The van der Waals surface area contributed by atoms with Gasteiger partial charge >= 0.3 is 0 Å². The van der Waals surface area contributed by atoms with Gasteiger partial charge in [0.2, 0.25) is 5.91 Å². The molecule has 1 aromatic rings. The molecule has 0 radical (unpaired) electrons. The van der Waals surface area contributed by atoms with Crippen molar-refractivity contribution in [3.63, 3.8) is 0 Å². The molecular formula is C13H17N3O3. The number of rotatable bonds is 7. The Bertz CT molecular complexity index is 451. The number of anilines is 1. The minimum atomic E-state index is -0.287. The van der Waals surface area contributed by atoms with Gasteiger partial charge in [-0.3, -0.25) is 9.69 Å². The number of carbonyl (C=O) groups excluding carboxylic acids is 1. The van der Waals surface area contributed by atoms with E-state index in [9.17, 15) is 4.79 Å². The first-order valence-corrected chi connectivity index (χ1v) is 5.94. The predicted octanol–water partition coefficient (Wildman–Crippen LogP) is -0.217. The molecule has 0 saturated heterocycles. The Morgan fingerprint density at radius 2 is 1.89 bits per heavy atom. The molecule has 0 spiro atoms. The third kappa shape index (κ3) is 5.06. The molecule has 102 valence electrons. The van der Waals surface area contributed by atoms with Gasteiger partial charge in [0, 0.05) is 13.1 Å². The van der Waals surface area contributed by atoms with Crippen LogP contribution in [0.2, 0.25) is 0 Å². The minimum Gasteiger partial charge on any atom is -0.395 e. The quantitative estimate of drug-likeness (QED) is 0.632. The first kappa shape index (κ1) is 15.1. The molecule has 6 nitrogen and oxygen atoms in total. The standard InChI is InChI=1S/C13H17N3O3/c14-9-11-3-1-2-4-12(11)15-13(19)10-16(5-7-17)6-8-18/h1-4,17-18H,5-8,10H2,(H,15,19). The lowest BCUT2D eigenvalue weighted by Gasteiger charge is -2.19. The number of nitrogens with one attached hydrogen (secondary N) is 1. The monoisotopic (exact) mass is 263 g/mol. The van der Waals surface area contributed by atoms with Gasteiger partial charge in [0.25, 0.3) is 0 Å². The summed E-state index contributed by atoms with van der Waals surface area (Å²) in [5.41, 5.74) is 0.856. The number of aliphatic hydroxyl groups excluding tert-OH is 2. The molecule has 0 aliphatic carbocycles. The van der Waals surface area contributed by atoms with Gasteiger partial charge in [-0.05, 0) is 12.1 Å². The molecule has 0 atom stereocenters. The van der Waals surface area contributed by atoms with Gasteiger partial charge in [0.05, 0.1) is 31.0 Å². The van der Waals surface area contributed by atoms with E-state index in [1.54, 1.807) is 29.2 Å². The average Bonchev–Trinajstić information content (AvgIpc) is 2.40. The highest BCUT2D eigenvalue weighted by molar-refractivity contribution is 5.93. The van der Waals surface area contributed by atoms with E-state index in [4.69, 9.17) is 15.5 Å². The van der Waals surface area contributed by atoms with E-state index in [1.807, 2.05) is 6.07 Å². The number of para-hydroxylation sites is 1. The van der Waals surface area contributed by atoms with Crippen LogP contribution in [0.1, 0.15) is 5.56 Å². The van der Waals surface area contributed by atoms with Gasteiger partial charge < -0.3 is 15.5 Å². The lowest BCUT2D eigenvalue weighted by Crippen LogP contribution is -2.37. The first-order valence-electron chi connectivity index (χ1n) is 5.94. The summed E-state index contributed by atoms with van der Waals surface area (Å²) in [6.45, 7) is 0.521. The van der Waals surface area contributed by atoms with E-state index in [0.717, 1.165) is 0 Å². The van der Waals surface area contributed by atoms with Crippen molar-refractivity contribution in [1.29, 1.82) is 5.26 Å². The smallest absolute Gasteiger partial charge is 0.238 e. The van der Waals surface area contributed by atoms with Gasteiger partial charge in [0.1, 0.15) is 6.07 Å². The maximum Gasteiger partial charge on any atom is 0.238 e. The Balaban J connectivity index is 2.61. The van der Waals surface area contributed by atoms with Crippen molar-refractivity contribution in [2.24, 2.45) is 0 Å².